The number of rotatable bonds is 6. The number of carbonyl (C=O) groups excluding carboxylic acids is 1. The quantitative estimate of drug-likeness (QED) is 0.514. The van der Waals surface area contributed by atoms with Gasteiger partial charge in [0.15, 0.2) is 5.13 Å². The molecule has 0 saturated carbocycles. The van der Waals surface area contributed by atoms with Gasteiger partial charge in [0, 0.05) is 17.1 Å². The van der Waals surface area contributed by atoms with Gasteiger partial charge < -0.3 is 5.32 Å². The average molecular weight is 371 g/mol. The first kappa shape index (κ1) is 17.6. The molecule has 1 atom stereocenters. The number of amides is 1. The summed E-state index contributed by atoms with van der Waals surface area (Å²) in [7, 11) is 0. The summed E-state index contributed by atoms with van der Waals surface area (Å²) >= 11 is 2.87. The third-order valence-corrected chi connectivity index (χ3v) is 5.44. The van der Waals surface area contributed by atoms with Crippen LogP contribution in [-0.4, -0.2) is 26.1 Å². The molecule has 1 unspecified atom stereocenters. The van der Waals surface area contributed by atoms with Crippen LogP contribution in [0.5, 0.6) is 0 Å². The van der Waals surface area contributed by atoms with E-state index in [9.17, 15) is 4.79 Å². The lowest BCUT2D eigenvalue weighted by Crippen LogP contribution is -2.24. The fourth-order valence-electron chi connectivity index (χ4n) is 2.30. The molecule has 3 aromatic rings. The van der Waals surface area contributed by atoms with E-state index < -0.39 is 0 Å². The SMILES string of the molecule is CCC(Sc1cc(-c2ccccc2)nc(C)n1)C(=O)Nc1nccs1. The van der Waals surface area contributed by atoms with E-state index >= 15 is 0 Å². The minimum atomic E-state index is -0.234. The van der Waals surface area contributed by atoms with E-state index in [4.69, 9.17) is 0 Å². The Balaban J connectivity index is 1.78. The van der Waals surface area contributed by atoms with Gasteiger partial charge in [-0.05, 0) is 19.4 Å². The minimum Gasteiger partial charge on any atom is -0.301 e. The number of nitrogens with one attached hydrogen (secondary N) is 1. The predicted octanol–water partition coefficient (Wildman–Crippen LogP) is 4.42. The number of thioether (sulfide) groups is 1. The lowest BCUT2D eigenvalue weighted by Gasteiger charge is -2.14. The first-order chi connectivity index (χ1) is 12.2. The van der Waals surface area contributed by atoms with Crippen LogP contribution in [0.1, 0.15) is 19.2 Å². The van der Waals surface area contributed by atoms with Crippen LogP contribution in [0.4, 0.5) is 5.13 Å². The van der Waals surface area contributed by atoms with Crippen molar-refractivity contribution < 1.29 is 4.79 Å². The van der Waals surface area contributed by atoms with E-state index in [1.54, 1.807) is 6.20 Å². The van der Waals surface area contributed by atoms with Crippen LogP contribution in [-0.2, 0) is 4.79 Å². The Morgan fingerprint density at radius 3 is 2.76 bits per heavy atom. The van der Waals surface area contributed by atoms with Crippen LogP contribution in [0, 0.1) is 6.92 Å². The number of hydrogen-bond donors (Lipinski definition) is 1. The molecule has 5 nitrogen and oxygen atoms in total. The monoisotopic (exact) mass is 370 g/mol. The van der Waals surface area contributed by atoms with Gasteiger partial charge in [0.2, 0.25) is 5.91 Å². The van der Waals surface area contributed by atoms with Crippen LogP contribution in [0.2, 0.25) is 0 Å². The zero-order valence-electron chi connectivity index (χ0n) is 14.0. The first-order valence-corrected chi connectivity index (χ1v) is 9.69. The molecular formula is C18H18N4OS2. The number of carbonyl (C=O) groups is 1. The molecule has 0 bridgehead atoms. The van der Waals surface area contributed by atoms with Gasteiger partial charge in [-0.3, -0.25) is 4.79 Å². The maximum Gasteiger partial charge on any atom is 0.239 e. The number of hydrogen-bond acceptors (Lipinski definition) is 6. The van der Waals surface area contributed by atoms with E-state index in [1.807, 2.05) is 55.6 Å². The molecule has 0 spiro atoms. The summed E-state index contributed by atoms with van der Waals surface area (Å²) in [4.78, 5) is 25.6. The molecule has 3 rings (SSSR count). The van der Waals surface area contributed by atoms with Crippen molar-refractivity contribution in [1.82, 2.24) is 15.0 Å². The van der Waals surface area contributed by atoms with Gasteiger partial charge in [-0.2, -0.15) is 0 Å². The second-order valence-electron chi connectivity index (χ2n) is 5.35. The minimum absolute atomic E-state index is 0.0556. The summed E-state index contributed by atoms with van der Waals surface area (Å²) in [5.74, 6) is 0.638. The molecule has 1 amide bonds. The summed E-state index contributed by atoms with van der Waals surface area (Å²) < 4.78 is 0. The molecule has 25 heavy (non-hydrogen) atoms. The molecule has 1 aromatic carbocycles. The van der Waals surface area contributed by atoms with Crippen molar-refractivity contribution in [3.8, 4) is 11.3 Å². The predicted molar refractivity (Wildman–Crippen MR) is 103 cm³/mol. The largest absolute Gasteiger partial charge is 0.301 e. The third kappa shape index (κ3) is 4.64. The van der Waals surface area contributed by atoms with Gasteiger partial charge >= 0.3 is 0 Å². The molecule has 0 saturated heterocycles. The average Bonchev–Trinajstić information content (AvgIpc) is 3.13. The van der Waals surface area contributed by atoms with Gasteiger partial charge in [0.1, 0.15) is 10.9 Å². The Kier molecular flexibility index (Phi) is 5.78. The lowest BCUT2D eigenvalue weighted by atomic mass is 10.1. The first-order valence-electron chi connectivity index (χ1n) is 7.94. The molecule has 7 heteroatoms. The highest BCUT2D eigenvalue weighted by atomic mass is 32.2. The lowest BCUT2D eigenvalue weighted by molar-refractivity contribution is -0.115. The third-order valence-electron chi connectivity index (χ3n) is 3.47. The highest BCUT2D eigenvalue weighted by molar-refractivity contribution is 8.00. The van der Waals surface area contributed by atoms with Crippen molar-refractivity contribution in [2.45, 2.75) is 30.5 Å². The Hall–Kier alpha value is -2.25. The summed E-state index contributed by atoms with van der Waals surface area (Å²) in [6.45, 7) is 3.86. The van der Waals surface area contributed by atoms with Gasteiger partial charge in [-0.1, -0.05) is 49.0 Å². The number of aryl methyl sites for hydroxylation is 1. The highest BCUT2D eigenvalue weighted by Gasteiger charge is 2.20. The van der Waals surface area contributed by atoms with E-state index in [1.165, 1.54) is 23.1 Å². The molecule has 1 N–H and O–H groups in total. The van der Waals surface area contributed by atoms with E-state index in [0.717, 1.165) is 16.3 Å². The number of thiazole rings is 1. The fourth-order valence-corrected chi connectivity index (χ4v) is 3.82. The molecule has 0 fully saturated rings. The second-order valence-corrected chi connectivity index (χ2v) is 7.46. The molecular weight excluding hydrogens is 352 g/mol. The summed E-state index contributed by atoms with van der Waals surface area (Å²) in [6, 6.07) is 11.9. The van der Waals surface area contributed by atoms with Gasteiger partial charge in [0.25, 0.3) is 0 Å². The van der Waals surface area contributed by atoms with Crippen molar-refractivity contribution in [1.29, 1.82) is 0 Å². The fraction of sp³-hybridized carbons (Fsp3) is 0.222. The summed E-state index contributed by atoms with van der Waals surface area (Å²) in [5, 5.41) is 5.88. The van der Waals surface area contributed by atoms with Crippen molar-refractivity contribution in [2.75, 3.05) is 5.32 Å². The topological polar surface area (TPSA) is 67.8 Å². The molecule has 0 aliphatic rings. The van der Waals surface area contributed by atoms with Crippen LogP contribution < -0.4 is 5.32 Å². The molecule has 2 heterocycles. The zero-order valence-corrected chi connectivity index (χ0v) is 15.6. The highest BCUT2D eigenvalue weighted by Crippen LogP contribution is 2.28. The van der Waals surface area contributed by atoms with Gasteiger partial charge in [-0.15, -0.1) is 11.3 Å². The van der Waals surface area contributed by atoms with Crippen molar-refractivity contribution >= 4 is 34.1 Å². The Bertz CT molecular complexity index is 838. The number of aromatic nitrogens is 3. The van der Waals surface area contributed by atoms with E-state index in [0.29, 0.717) is 17.4 Å². The zero-order chi connectivity index (χ0) is 17.6. The molecule has 2 aromatic heterocycles. The van der Waals surface area contributed by atoms with Gasteiger partial charge in [-0.25, -0.2) is 15.0 Å². The maximum absolute atomic E-state index is 12.5. The number of nitrogens with zero attached hydrogens (tertiary/aromatic N) is 3. The van der Waals surface area contributed by atoms with Gasteiger partial charge in [0.05, 0.1) is 10.9 Å². The molecule has 0 aliphatic heterocycles. The molecule has 0 radical (unpaired) electrons. The summed E-state index contributed by atoms with van der Waals surface area (Å²) in [6.07, 6.45) is 2.37. The number of benzene rings is 1. The Morgan fingerprint density at radius 2 is 2.08 bits per heavy atom. The molecule has 128 valence electrons. The number of anilines is 1. The Labute approximate surface area is 155 Å². The van der Waals surface area contributed by atoms with E-state index in [-0.39, 0.29) is 11.2 Å². The van der Waals surface area contributed by atoms with Crippen LogP contribution in [0.15, 0.2) is 53.0 Å². The normalized spacial score (nSPS) is 11.9. The van der Waals surface area contributed by atoms with Crippen LogP contribution >= 0.6 is 23.1 Å². The standard InChI is InChI=1S/C18H18N4OS2/c1-3-15(17(23)22-18-19-9-10-24-18)25-16-11-14(20-12(2)21-16)13-7-5-4-6-8-13/h4-11,15H,3H2,1-2H3,(H,19,22,23). The van der Waals surface area contributed by atoms with Crippen molar-refractivity contribution in [3.63, 3.8) is 0 Å². The van der Waals surface area contributed by atoms with Crippen molar-refractivity contribution in [3.05, 3.63) is 53.8 Å². The van der Waals surface area contributed by atoms with E-state index in [2.05, 4.69) is 20.3 Å². The van der Waals surface area contributed by atoms with Crippen LogP contribution in [0.3, 0.4) is 0 Å². The Morgan fingerprint density at radius 1 is 1.28 bits per heavy atom. The second kappa shape index (κ2) is 8.22. The van der Waals surface area contributed by atoms with Crippen LogP contribution in [0.25, 0.3) is 11.3 Å². The maximum atomic E-state index is 12.5. The molecule has 0 aliphatic carbocycles. The smallest absolute Gasteiger partial charge is 0.239 e. The van der Waals surface area contributed by atoms with Crippen molar-refractivity contribution in [2.24, 2.45) is 0 Å². The summed E-state index contributed by atoms with van der Waals surface area (Å²) in [5.41, 5.74) is 1.90.